The number of hydrogen-bond acceptors (Lipinski definition) is 5. The highest BCUT2D eigenvalue weighted by Gasteiger charge is 2.33. The van der Waals surface area contributed by atoms with E-state index < -0.39 is 0 Å². The van der Waals surface area contributed by atoms with Gasteiger partial charge in [0.25, 0.3) is 0 Å². The number of nitrogens with one attached hydrogen (secondary N) is 1. The van der Waals surface area contributed by atoms with E-state index in [2.05, 4.69) is 5.32 Å². The molecule has 1 atom stereocenters. The van der Waals surface area contributed by atoms with Gasteiger partial charge in [0.05, 0.1) is 18.7 Å². The molecule has 0 aromatic heterocycles. The van der Waals surface area contributed by atoms with Gasteiger partial charge in [0, 0.05) is 12.7 Å². The third-order valence-electron chi connectivity index (χ3n) is 3.89. The van der Waals surface area contributed by atoms with Crippen molar-refractivity contribution in [1.29, 1.82) is 0 Å². The van der Waals surface area contributed by atoms with Gasteiger partial charge in [0.2, 0.25) is 6.79 Å². The minimum Gasteiger partial charge on any atom is -0.466 e. The van der Waals surface area contributed by atoms with E-state index in [-0.39, 0.29) is 18.8 Å². The molecule has 1 unspecified atom stereocenters. The van der Waals surface area contributed by atoms with Crippen molar-refractivity contribution in [3.8, 4) is 11.5 Å². The van der Waals surface area contributed by atoms with Crippen molar-refractivity contribution in [2.75, 3.05) is 21.0 Å². The van der Waals surface area contributed by atoms with E-state index in [0.717, 1.165) is 11.3 Å². The van der Waals surface area contributed by atoms with Crippen molar-refractivity contribution in [3.05, 3.63) is 35.0 Å². The van der Waals surface area contributed by atoms with Gasteiger partial charge in [-0.2, -0.15) is 0 Å². The Kier molecular flexibility index (Phi) is 3.66. The Hall–Kier alpha value is -2.28. The van der Waals surface area contributed by atoms with Crippen molar-refractivity contribution in [2.45, 2.75) is 13.0 Å². The lowest BCUT2D eigenvalue weighted by Gasteiger charge is -2.35. The van der Waals surface area contributed by atoms with Crippen LogP contribution in [0.3, 0.4) is 0 Å². The Bertz CT molecular complexity index is 686. The maximum atomic E-state index is 12.2. The Morgan fingerprint density at radius 1 is 1.41 bits per heavy atom. The number of thiocarbonyl (C=S) groups is 1. The van der Waals surface area contributed by atoms with Crippen LogP contribution in [0.2, 0.25) is 0 Å². The van der Waals surface area contributed by atoms with Gasteiger partial charge in [-0.15, -0.1) is 0 Å². The number of fused-ring (bicyclic) bond motifs is 1. The van der Waals surface area contributed by atoms with Crippen LogP contribution in [0.25, 0.3) is 0 Å². The highest BCUT2D eigenvalue weighted by molar-refractivity contribution is 7.80. The summed E-state index contributed by atoms with van der Waals surface area (Å²) < 4.78 is 15.6. The third-order valence-corrected chi connectivity index (χ3v) is 4.28. The van der Waals surface area contributed by atoms with Crippen LogP contribution >= 0.6 is 12.2 Å². The van der Waals surface area contributed by atoms with Crippen LogP contribution < -0.4 is 14.8 Å². The van der Waals surface area contributed by atoms with Crippen LogP contribution in [-0.2, 0) is 9.53 Å². The lowest BCUT2D eigenvalue weighted by Crippen LogP contribution is -2.46. The first-order chi connectivity index (χ1) is 10.5. The van der Waals surface area contributed by atoms with E-state index in [4.69, 9.17) is 26.4 Å². The predicted octanol–water partition coefficient (Wildman–Crippen LogP) is 1.72. The van der Waals surface area contributed by atoms with Crippen LogP contribution in [0.5, 0.6) is 11.5 Å². The van der Waals surface area contributed by atoms with E-state index in [1.807, 2.05) is 32.2 Å². The molecular weight excluding hydrogens is 304 g/mol. The van der Waals surface area contributed by atoms with E-state index in [1.54, 1.807) is 4.90 Å². The molecule has 0 saturated carbocycles. The Morgan fingerprint density at radius 2 is 2.14 bits per heavy atom. The van der Waals surface area contributed by atoms with Gasteiger partial charge in [-0.3, -0.25) is 0 Å². The second-order valence-electron chi connectivity index (χ2n) is 5.04. The normalized spacial score (nSPS) is 20.0. The molecule has 3 rings (SSSR count). The summed E-state index contributed by atoms with van der Waals surface area (Å²) in [7, 11) is 3.18. The fraction of sp³-hybridized carbons (Fsp3) is 0.333. The van der Waals surface area contributed by atoms with Gasteiger partial charge in [-0.25, -0.2) is 4.79 Å². The predicted molar refractivity (Wildman–Crippen MR) is 83.5 cm³/mol. The molecule has 116 valence electrons. The van der Waals surface area contributed by atoms with Gasteiger partial charge in [-0.1, -0.05) is 6.07 Å². The average Bonchev–Trinajstić information content (AvgIpc) is 2.99. The number of methoxy groups -OCH3 is 1. The zero-order valence-electron chi connectivity index (χ0n) is 12.5. The smallest absolute Gasteiger partial charge is 0.337 e. The van der Waals surface area contributed by atoms with Crippen LogP contribution in [-0.4, -0.2) is 36.9 Å². The van der Waals surface area contributed by atoms with Crippen molar-refractivity contribution < 1.29 is 19.0 Å². The van der Waals surface area contributed by atoms with Gasteiger partial charge in [0.15, 0.2) is 16.6 Å². The lowest BCUT2D eigenvalue weighted by molar-refractivity contribution is -0.136. The molecule has 2 heterocycles. The summed E-state index contributed by atoms with van der Waals surface area (Å²) in [5.41, 5.74) is 2.15. The van der Waals surface area contributed by atoms with Crippen LogP contribution in [0.4, 0.5) is 0 Å². The summed E-state index contributed by atoms with van der Waals surface area (Å²) in [4.78, 5) is 14.0. The summed E-state index contributed by atoms with van der Waals surface area (Å²) in [5.74, 6) is 0.965. The molecule has 22 heavy (non-hydrogen) atoms. The second-order valence-corrected chi connectivity index (χ2v) is 5.43. The molecular formula is C15H16N2O4S. The number of allylic oxidation sites excluding steroid dienone is 1. The van der Waals surface area contributed by atoms with E-state index in [0.29, 0.717) is 22.2 Å². The van der Waals surface area contributed by atoms with Crippen LogP contribution in [0, 0.1) is 0 Å². The van der Waals surface area contributed by atoms with Gasteiger partial charge in [0.1, 0.15) is 0 Å². The van der Waals surface area contributed by atoms with Gasteiger partial charge < -0.3 is 24.4 Å². The SMILES string of the molecule is COC(=O)C1=C(C)N(C)C(=S)NC1c1ccc2c(c1)OCO2. The highest BCUT2D eigenvalue weighted by atomic mass is 32.1. The van der Waals surface area contributed by atoms with Crippen LogP contribution in [0.15, 0.2) is 29.5 Å². The first kappa shape index (κ1) is 14.6. The molecule has 1 aromatic rings. The minimum absolute atomic E-state index is 0.205. The fourth-order valence-electron chi connectivity index (χ4n) is 2.55. The zero-order valence-corrected chi connectivity index (χ0v) is 13.3. The maximum absolute atomic E-state index is 12.2. The lowest BCUT2D eigenvalue weighted by atomic mass is 9.95. The number of carbonyl (C=O) groups is 1. The Balaban J connectivity index is 2.07. The highest BCUT2D eigenvalue weighted by Crippen LogP contribution is 2.37. The molecule has 0 bridgehead atoms. The van der Waals surface area contributed by atoms with Crippen LogP contribution in [0.1, 0.15) is 18.5 Å². The molecule has 2 aliphatic heterocycles. The number of rotatable bonds is 2. The van der Waals surface area contributed by atoms with E-state index in [1.165, 1.54) is 7.11 Å². The number of benzene rings is 1. The molecule has 1 N–H and O–H groups in total. The summed E-state index contributed by atoms with van der Waals surface area (Å²) in [6, 6.07) is 5.18. The van der Waals surface area contributed by atoms with Crippen molar-refractivity contribution >= 4 is 23.3 Å². The standard InChI is InChI=1S/C15H16N2O4S/c1-8-12(14(18)19-3)13(16-15(22)17(8)2)9-4-5-10-11(6-9)21-7-20-10/h4-6,13H,7H2,1-3H3,(H,16,22). The minimum atomic E-state index is -0.387. The third kappa shape index (κ3) is 2.27. The van der Waals surface area contributed by atoms with Crippen molar-refractivity contribution in [2.24, 2.45) is 0 Å². The second kappa shape index (κ2) is 5.49. The molecule has 6 nitrogen and oxygen atoms in total. The Labute approximate surface area is 133 Å². The number of hydrogen-bond donors (Lipinski definition) is 1. The molecule has 0 amide bonds. The summed E-state index contributed by atoms with van der Waals surface area (Å²) in [5, 5.41) is 3.72. The van der Waals surface area contributed by atoms with Crippen molar-refractivity contribution in [1.82, 2.24) is 10.2 Å². The molecule has 0 aliphatic carbocycles. The molecule has 0 radical (unpaired) electrons. The van der Waals surface area contributed by atoms with E-state index in [9.17, 15) is 4.79 Å². The largest absolute Gasteiger partial charge is 0.466 e. The number of carbonyl (C=O) groups excluding carboxylic acids is 1. The molecule has 0 spiro atoms. The summed E-state index contributed by atoms with van der Waals surface area (Å²) in [6.45, 7) is 2.05. The fourth-order valence-corrected chi connectivity index (χ4v) is 2.81. The first-order valence-corrected chi connectivity index (χ1v) is 7.16. The maximum Gasteiger partial charge on any atom is 0.337 e. The zero-order chi connectivity index (χ0) is 15.9. The molecule has 2 aliphatic rings. The van der Waals surface area contributed by atoms with Gasteiger partial charge >= 0.3 is 5.97 Å². The Morgan fingerprint density at radius 3 is 2.86 bits per heavy atom. The van der Waals surface area contributed by atoms with Crippen molar-refractivity contribution in [3.63, 3.8) is 0 Å². The summed E-state index contributed by atoms with van der Waals surface area (Å²) >= 11 is 5.33. The summed E-state index contributed by atoms with van der Waals surface area (Å²) in [6.07, 6.45) is 0. The molecule has 0 fully saturated rings. The van der Waals surface area contributed by atoms with Gasteiger partial charge in [-0.05, 0) is 36.8 Å². The molecule has 7 heteroatoms. The average molecular weight is 320 g/mol. The molecule has 0 saturated heterocycles. The monoisotopic (exact) mass is 320 g/mol. The number of ether oxygens (including phenoxy) is 3. The van der Waals surface area contributed by atoms with E-state index >= 15 is 0 Å². The topological polar surface area (TPSA) is 60.0 Å². The molecule has 1 aromatic carbocycles. The quantitative estimate of drug-likeness (QED) is 0.657. The first-order valence-electron chi connectivity index (χ1n) is 6.75. The number of esters is 1. The number of nitrogens with zero attached hydrogens (tertiary/aromatic N) is 1.